The van der Waals surface area contributed by atoms with Gasteiger partial charge in [-0.15, -0.1) is 0 Å². The summed E-state index contributed by atoms with van der Waals surface area (Å²) in [6, 6.07) is 0. The van der Waals surface area contributed by atoms with E-state index in [4.69, 9.17) is 23.1 Å². The number of anilines is 2. The maximum Gasteiger partial charge on any atom is 0.152 e. The first-order chi connectivity index (χ1) is 8.07. The lowest BCUT2D eigenvalue weighted by Crippen LogP contribution is -2.05. The second-order valence-electron chi connectivity index (χ2n) is 4.46. The third-order valence-electron chi connectivity index (χ3n) is 3.06. The van der Waals surface area contributed by atoms with E-state index in [9.17, 15) is 0 Å². The van der Waals surface area contributed by atoms with E-state index in [1.54, 1.807) is 0 Å². The fourth-order valence-electron chi connectivity index (χ4n) is 1.93. The molecule has 3 nitrogen and oxygen atoms in total. The van der Waals surface area contributed by atoms with Crippen LogP contribution < -0.4 is 11.5 Å². The quantitative estimate of drug-likeness (QED) is 0.601. The Morgan fingerprint density at radius 2 is 1.71 bits per heavy atom. The van der Waals surface area contributed by atoms with Crippen molar-refractivity contribution in [2.24, 2.45) is 0 Å². The fourth-order valence-corrected chi connectivity index (χ4v) is 2.17. The van der Waals surface area contributed by atoms with Gasteiger partial charge in [0.05, 0.1) is 17.1 Å². The minimum absolute atomic E-state index is 0.375. The van der Waals surface area contributed by atoms with Gasteiger partial charge in [0.2, 0.25) is 0 Å². The van der Waals surface area contributed by atoms with Crippen molar-refractivity contribution in [3.8, 4) is 0 Å². The summed E-state index contributed by atoms with van der Waals surface area (Å²) in [6.07, 6.45) is 7.03. The van der Waals surface area contributed by atoms with E-state index in [0.29, 0.717) is 16.5 Å². The van der Waals surface area contributed by atoms with Gasteiger partial charge in [0.1, 0.15) is 0 Å². The van der Waals surface area contributed by atoms with Gasteiger partial charge < -0.3 is 11.5 Å². The second kappa shape index (κ2) is 6.70. The lowest BCUT2D eigenvalue weighted by atomic mass is 10.0. The monoisotopic (exact) mass is 255 g/mol. The molecule has 0 saturated heterocycles. The third kappa shape index (κ3) is 3.77. The Bertz CT molecular complexity index is 351. The number of hydrogen-bond acceptors (Lipinski definition) is 3. The Kier molecular flexibility index (Phi) is 5.56. The van der Waals surface area contributed by atoms with Crippen molar-refractivity contribution in [1.29, 1.82) is 0 Å². The van der Waals surface area contributed by atoms with E-state index in [-0.39, 0.29) is 0 Å². The average molecular weight is 256 g/mol. The number of halogens is 1. The molecule has 0 atom stereocenters. The van der Waals surface area contributed by atoms with Crippen LogP contribution in [0.25, 0.3) is 0 Å². The van der Waals surface area contributed by atoms with Crippen LogP contribution in [0.3, 0.4) is 0 Å². The molecule has 0 aliphatic rings. The zero-order chi connectivity index (χ0) is 12.8. The lowest BCUT2D eigenvalue weighted by molar-refractivity contribution is 0.633. The Morgan fingerprint density at radius 3 is 2.35 bits per heavy atom. The van der Waals surface area contributed by atoms with Crippen molar-refractivity contribution in [1.82, 2.24) is 4.98 Å². The molecule has 0 aromatic carbocycles. The van der Waals surface area contributed by atoms with Crippen LogP contribution in [0.1, 0.15) is 50.3 Å². The normalized spacial score (nSPS) is 10.8. The zero-order valence-corrected chi connectivity index (χ0v) is 11.5. The number of rotatable bonds is 6. The summed E-state index contributed by atoms with van der Waals surface area (Å²) < 4.78 is 0. The van der Waals surface area contributed by atoms with E-state index < -0.39 is 0 Å². The molecular weight excluding hydrogens is 234 g/mol. The van der Waals surface area contributed by atoms with Gasteiger partial charge in [0.25, 0.3) is 0 Å². The largest absolute Gasteiger partial charge is 0.397 e. The molecule has 0 aliphatic carbocycles. The van der Waals surface area contributed by atoms with Crippen LogP contribution in [0.15, 0.2) is 0 Å². The summed E-state index contributed by atoms with van der Waals surface area (Å²) in [5, 5.41) is 0.375. The van der Waals surface area contributed by atoms with Gasteiger partial charge in [-0.25, -0.2) is 4.98 Å². The number of nitrogens with two attached hydrogens (primary N) is 2. The highest BCUT2D eigenvalue weighted by atomic mass is 35.5. The van der Waals surface area contributed by atoms with Crippen molar-refractivity contribution in [2.75, 3.05) is 11.5 Å². The molecule has 4 heteroatoms. The molecule has 1 rings (SSSR count). The molecule has 96 valence electrons. The number of aryl methyl sites for hydroxylation is 1. The second-order valence-corrected chi connectivity index (χ2v) is 4.82. The highest BCUT2D eigenvalue weighted by Crippen LogP contribution is 2.29. The summed E-state index contributed by atoms with van der Waals surface area (Å²) in [5.74, 6) is 0. The minimum Gasteiger partial charge on any atom is -0.397 e. The average Bonchev–Trinajstić information content (AvgIpc) is 2.30. The number of aromatic nitrogens is 1. The first-order valence-corrected chi connectivity index (χ1v) is 6.65. The number of nitrogen functional groups attached to an aromatic ring is 2. The summed E-state index contributed by atoms with van der Waals surface area (Å²) in [6.45, 7) is 4.07. The molecule has 0 aliphatic heterocycles. The minimum atomic E-state index is 0.375. The number of pyridine rings is 1. The van der Waals surface area contributed by atoms with Gasteiger partial charge in [-0.2, -0.15) is 0 Å². The van der Waals surface area contributed by atoms with Crippen LogP contribution in [-0.2, 0) is 6.42 Å². The van der Waals surface area contributed by atoms with E-state index in [0.717, 1.165) is 24.1 Å². The van der Waals surface area contributed by atoms with Crippen LogP contribution >= 0.6 is 11.6 Å². The topological polar surface area (TPSA) is 64.9 Å². The van der Waals surface area contributed by atoms with Gasteiger partial charge in [0.15, 0.2) is 5.15 Å². The molecule has 0 unspecified atom stereocenters. The summed E-state index contributed by atoms with van der Waals surface area (Å²) in [4.78, 5) is 4.11. The van der Waals surface area contributed by atoms with Crippen molar-refractivity contribution in [2.45, 2.75) is 52.4 Å². The van der Waals surface area contributed by atoms with Gasteiger partial charge in [-0.3, -0.25) is 0 Å². The Balaban J connectivity index is 2.64. The predicted octanol–water partition coefficient (Wildman–Crippen LogP) is 3.72. The molecule has 4 N–H and O–H groups in total. The van der Waals surface area contributed by atoms with E-state index in [1.165, 1.54) is 25.7 Å². The molecule has 0 fully saturated rings. The Morgan fingerprint density at radius 1 is 1.06 bits per heavy atom. The molecule has 0 spiro atoms. The molecule has 1 aromatic rings. The first kappa shape index (κ1) is 14.1. The molecule has 0 bridgehead atoms. The Labute approximate surface area is 109 Å². The van der Waals surface area contributed by atoms with Gasteiger partial charge in [-0.1, -0.05) is 44.2 Å². The molecule has 1 aromatic heterocycles. The summed E-state index contributed by atoms with van der Waals surface area (Å²) in [7, 11) is 0. The van der Waals surface area contributed by atoms with Crippen LogP contribution in [0.4, 0.5) is 11.4 Å². The maximum atomic E-state index is 5.99. The van der Waals surface area contributed by atoms with Crippen molar-refractivity contribution in [3.63, 3.8) is 0 Å². The molecule has 0 radical (unpaired) electrons. The maximum absolute atomic E-state index is 5.99. The van der Waals surface area contributed by atoms with Crippen molar-refractivity contribution in [3.05, 3.63) is 16.4 Å². The number of hydrogen-bond donors (Lipinski definition) is 2. The highest BCUT2D eigenvalue weighted by molar-refractivity contribution is 6.32. The molecule has 1 heterocycles. The smallest absolute Gasteiger partial charge is 0.152 e. The summed E-state index contributed by atoms with van der Waals surface area (Å²) >= 11 is 5.96. The Hall–Kier alpha value is -0.960. The van der Waals surface area contributed by atoms with Crippen LogP contribution in [-0.4, -0.2) is 4.98 Å². The van der Waals surface area contributed by atoms with E-state index >= 15 is 0 Å². The molecular formula is C13H22ClN3. The fraction of sp³-hybridized carbons (Fsp3) is 0.615. The van der Waals surface area contributed by atoms with Crippen molar-refractivity contribution < 1.29 is 0 Å². The van der Waals surface area contributed by atoms with E-state index in [1.807, 2.05) is 6.92 Å². The van der Waals surface area contributed by atoms with Crippen molar-refractivity contribution >= 4 is 23.0 Å². The third-order valence-corrected chi connectivity index (χ3v) is 3.35. The first-order valence-electron chi connectivity index (χ1n) is 6.27. The predicted molar refractivity (Wildman–Crippen MR) is 75.3 cm³/mol. The summed E-state index contributed by atoms with van der Waals surface area (Å²) in [5.41, 5.74) is 14.9. The SMILES string of the molecule is CCCCCCCc1c(N)c(C)nc(Cl)c1N. The van der Waals surface area contributed by atoms with Crippen LogP contribution in [0.5, 0.6) is 0 Å². The van der Waals surface area contributed by atoms with Crippen LogP contribution in [0.2, 0.25) is 5.15 Å². The number of unbranched alkanes of at least 4 members (excludes halogenated alkanes) is 4. The van der Waals surface area contributed by atoms with E-state index in [2.05, 4.69) is 11.9 Å². The zero-order valence-electron chi connectivity index (χ0n) is 10.7. The standard InChI is InChI=1S/C13H22ClN3/c1-3-4-5-6-7-8-10-11(15)9(2)17-13(14)12(10)16/h3-8,15-16H2,1-2H3. The molecule has 0 amide bonds. The van der Waals surface area contributed by atoms with Gasteiger partial charge in [0, 0.05) is 5.56 Å². The molecule has 0 saturated carbocycles. The highest BCUT2D eigenvalue weighted by Gasteiger charge is 2.11. The molecule has 17 heavy (non-hydrogen) atoms. The lowest BCUT2D eigenvalue weighted by Gasteiger charge is -2.12. The van der Waals surface area contributed by atoms with Gasteiger partial charge >= 0.3 is 0 Å². The van der Waals surface area contributed by atoms with Gasteiger partial charge in [-0.05, 0) is 19.8 Å². The number of nitrogens with zero attached hydrogens (tertiary/aromatic N) is 1. The van der Waals surface area contributed by atoms with Crippen LogP contribution in [0, 0.1) is 6.92 Å².